The first-order valence-electron chi connectivity index (χ1n) is 4.61. The molecule has 2 nitrogen and oxygen atoms in total. The molecule has 1 rings (SSSR count). The number of alkyl halides is 3. The lowest BCUT2D eigenvalue weighted by Gasteiger charge is -2.25. The molecule has 1 heterocycles. The maximum atomic E-state index is 12.4. The Morgan fingerprint density at radius 1 is 1.47 bits per heavy atom. The summed E-state index contributed by atoms with van der Waals surface area (Å²) in [7, 11) is 5.83. The van der Waals surface area contributed by atoms with Crippen molar-refractivity contribution in [2.24, 2.45) is 0 Å². The van der Waals surface area contributed by atoms with Crippen molar-refractivity contribution >= 4 is 7.85 Å². The van der Waals surface area contributed by atoms with Gasteiger partial charge in [0.25, 0.3) is 0 Å². The number of rotatable bonds is 2. The van der Waals surface area contributed by atoms with E-state index in [9.17, 15) is 13.2 Å². The molecule has 0 N–H and O–H groups in total. The number of halogens is 3. The first-order valence-corrected chi connectivity index (χ1v) is 4.61. The maximum absolute atomic E-state index is 12.4. The van der Waals surface area contributed by atoms with E-state index < -0.39 is 17.3 Å². The normalized spacial score (nSPS) is 16.4. The minimum atomic E-state index is -4.42. The third-order valence-electron chi connectivity index (χ3n) is 2.38. The summed E-state index contributed by atoms with van der Waals surface area (Å²) in [5, 5.41) is 3.49. The number of aromatic nitrogens is 2. The highest BCUT2D eigenvalue weighted by molar-refractivity contribution is 6.13. The predicted octanol–water partition coefficient (Wildman–Crippen LogP) is 2.46. The van der Waals surface area contributed by atoms with Crippen molar-refractivity contribution in [2.75, 3.05) is 0 Å². The Hall–Kier alpha value is -0.935. The molecule has 1 aromatic rings. The zero-order valence-corrected chi connectivity index (χ0v) is 8.89. The van der Waals surface area contributed by atoms with Crippen LogP contribution < -0.4 is 0 Å². The van der Waals surface area contributed by atoms with E-state index in [1.54, 1.807) is 20.8 Å². The lowest BCUT2D eigenvalue weighted by molar-refractivity contribution is -0.141. The molecule has 0 saturated heterocycles. The number of aryl methyl sites for hydroxylation is 1. The number of hydrogen-bond donors (Lipinski definition) is 0. The van der Waals surface area contributed by atoms with Crippen LogP contribution in [0.4, 0.5) is 13.2 Å². The van der Waals surface area contributed by atoms with Gasteiger partial charge >= 0.3 is 6.18 Å². The highest BCUT2D eigenvalue weighted by Gasteiger charge is 2.35. The van der Waals surface area contributed by atoms with Crippen molar-refractivity contribution < 1.29 is 13.2 Å². The van der Waals surface area contributed by atoms with Gasteiger partial charge in [0.2, 0.25) is 0 Å². The molecular formula is C9H12BF3N2. The van der Waals surface area contributed by atoms with Gasteiger partial charge in [-0.1, -0.05) is 6.92 Å². The fraction of sp³-hybridized carbons (Fsp3) is 0.667. The Kier molecular flexibility index (Phi) is 2.89. The van der Waals surface area contributed by atoms with Crippen LogP contribution in [0.5, 0.6) is 0 Å². The summed E-state index contributed by atoms with van der Waals surface area (Å²) in [4.78, 5) is 0. The van der Waals surface area contributed by atoms with E-state index in [1.165, 1.54) is 4.68 Å². The van der Waals surface area contributed by atoms with Crippen LogP contribution in [0.15, 0.2) is 6.07 Å². The summed E-state index contributed by atoms with van der Waals surface area (Å²) >= 11 is 0. The van der Waals surface area contributed by atoms with E-state index in [0.29, 0.717) is 12.1 Å². The summed E-state index contributed by atoms with van der Waals surface area (Å²) < 4.78 is 38.3. The van der Waals surface area contributed by atoms with Gasteiger partial charge in [-0.2, -0.15) is 18.3 Å². The minimum absolute atomic E-state index is 0.411. The van der Waals surface area contributed by atoms with Crippen LogP contribution in [0.1, 0.15) is 31.7 Å². The molecule has 2 radical (unpaired) electrons. The molecule has 0 aliphatic carbocycles. The topological polar surface area (TPSA) is 17.8 Å². The molecule has 0 bridgehead atoms. The zero-order chi connectivity index (χ0) is 11.9. The Morgan fingerprint density at radius 2 is 2.00 bits per heavy atom. The van der Waals surface area contributed by atoms with Gasteiger partial charge in [-0.25, -0.2) is 0 Å². The van der Waals surface area contributed by atoms with Crippen molar-refractivity contribution in [3.63, 3.8) is 0 Å². The average Bonchev–Trinajstić information content (AvgIpc) is 2.47. The molecule has 1 unspecified atom stereocenters. The SMILES string of the molecule is [B]C(C)(CC)n1nc(C(F)(F)F)cc1C. The van der Waals surface area contributed by atoms with Gasteiger partial charge in [-0.05, 0) is 26.3 Å². The molecule has 0 fully saturated rings. The highest BCUT2D eigenvalue weighted by Crippen LogP contribution is 2.30. The Labute approximate surface area is 87.9 Å². The van der Waals surface area contributed by atoms with Crippen LogP contribution in [0.25, 0.3) is 0 Å². The summed E-state index contributed by atoms with van der Waals surface area (Å²) in [6, 6.07) is 1.00. The standard InChI is InChI=1S/C9H12BF3N2/c1-4-8(3,10)15-6(2)5-7(14-15)9(11,12)13/h5H,4H2,1-3H3. The molecule has 0 aliphatic heterocycles. The Morgan fingerprint density at radius 3 is 2.33 bits per heavy atom. The fourth-order valence-corrected chi connectivity index (χ4v) is 1.28. The van der Waals surface area contributed by atoms with E-state index in [1.807, 2.05) is 0 Å². The fourth-order valence-electron chi connectivity index (χ4n) is 1.28. The molecule has 0 aromatic carbocycles. The molecule has 0 saturated carbocycles. The van der Waals surface area contributed by atoms with Gasteiger partial charge < -0.3 is 0 Å². The molecule has 0 amide bonds. The van der Waals surface area contributed by atoms with Gasteiger partial charge in [-0.3, -0.25) is 4.68 Å². The van der Waals surface area contributed by atoms with Crippen LogP contribution in [0.3, 0.4) is 0 Å². The van der Waals surface area contributed by atoms with Crippen molar-refractivity contribution in [3.8, 4) is 0 Å². The first kappa shape index (κ1) is 12.1. The van der Waals surface area contributed by atoms with Crippen LogP contribution in [0.2, 0.25) is 0 Å². The van der Waals surface area contributed by atoms with E-state index in [-0.39, 0.29) is 0 Å². The smallest absolute Gasteiger partial charge is 0.273 e. The maximum Gasteiger partial charge on any atom is 0.435 e. The van der Waals surface area contributed by atoms with Gasteiger partial charge in [0.05, 0.1) is 0 Å². The van der Waals surface area contributed by atoms with Gasteiger partial charge in [-0.15, -0.1) is 0 Å². The number of nitrogens with zero attached hydrogens (tertiary/aromatic N) is 2. The Bertz CT molecular complexity index is 355. The molecule has 0 spiro atoms. The van der Waals surface area contributed by atoms with Crippen LogP contribution in [-0.4, -0.2) is 17.6 Å². The monoisotopic (exact) mass is 216 g/mol. The molecule has 1 aromatic heterocycles. The van der Waals surface area contributed by atoms with Gasteiger partial charge in [0.1, 0.15) is 7.85 Å². The molecule has 82 valence electrons. The summed E-state index contributed by atoms with van der Waals surface area (Å²) in [6.07, 6.45) is -3.91. The first-order chi connectivity index (χ1) is 6.68. The molecule has 0 aliphatic rings. The van der Waals surface area contributed by atoms with Crippen molar-refractivity contribution in [1.82, 2.24) is 9.78 Å². The van der Waals surface area contributed by atoms with Crippen LogP contribution in [0, 0.1) is 6.92 Å². The Balaban J connectivity index is 3.18. The predicted molar refractivity (Wildman–Crippen MR) is 51.7 cm³/mol. The van der Waals surface area contributed by atoms with Crippen LogP contribution >= 0.6 is 0 Å². The number of hydrogen-bond acceptors (Lipinski definition) is 1. The van der Waals surface area contributed by atoms with E-state index in [2.05, 4.69) is 5.10 Å². The largest absolute Gasteiger partial charge is 0.435 e. The summed E-state index contributed by atoms with van der Waals surface area (Å²) in [5.74, 6) is 0. The second-order valence-corrected chi connectivity index (χ2v) is 3.79. The van der Waals surface area contributed by atoms with Crippen molar-refractivity contribution in [3.05, 3.63) is 17.5 Å². The zero-order valence-electron chi connectivity index (χ0n) is 8.89. The lowest BCUT2D eigenvalue weighted by atomic mass is 9.77. The molecular weight excluding hydrogens is 204 g/mol. The third-order valence-corrected chi connectivity index (χ3v) is 2.38. The highest BCUT2D eigenvalue weighted by atomic mass is 19.4. The minimum Gasteiger partial charge on any atom is -0.273 e. The quantitative estimate of drug-likeness (QED) is 0.694. The second kappa shape index (κ2) is 3.57. The lowest BCUT2D eigenvalue weighted by Crippen LogP contribution is -2.32. The van der Waals surface area contributed by atoms with Gasteiger partial charge in [0.15, 0.2) is 5.69 Å². The third kappa shape index (κ3) is 2.35. The molecule has 15 heavy (non-hydrogen) atoms. The summed E-state index contributed by atoms with van der Waals surface area (Å²) in [5.41, 5.74) is -1.37. The molecule has 6 heteroatoms. The van der Waals surface area contributed by atoms with E-state index >= 15 is 0 Å². The average molecular weight is 216 g/mol. The second-order valence-electron chi connectivity index (χ2n) is 3.79. The molecule has 1 atom stereocenters. The van der Waals surface area contributed by atoms with E-state index in [4.69, 9.17) is 7.85 Å². The van der Waals surface area contributed by atoms with Crippen molar-refractivity contribution in [2.45, 2.75) is 38.8 Å². The van der Waals surface area contributed by atoms with Crippen LogP contribution in [-0.2, 0) is 11.6 Å². The van der Waals surface area contributed by atoms with Gasteiger partial charge in [0, 0.05) is 11.1 Å². The van der Waals surface area contributed by atoms with E-state index in [0.717, 1.165) is 6.07 Å². The van der Waals surface area contributed by atoms with Crippen molar-refractivity contribution in [1.29, 1.82) is 0 Å². The summed E-state index contributed by atoms with van der Waals surface area (Å²) in [6.45, 7) is 5.00.